The van der Waals surface area contributed by atoms with Gasteiger partial charge in [0.15, 0.2) is 0 Å². The van der Waals surface area contributed by atoms with E-state index in [1.807, 2.05) is 38.1 Å². The van der Waals surface area contributed by atoms with Crippen LogP contribution in [-0.2, 0) is 10.0 Å². The molecule has 6 nitrogen and oxygen atoms in total. The van der Waals surface area contributed by atoms with E-state index in [9.17, 15) is 13.2 Å². The number of sulfonamides is 1. The van der Waals surface area contributed by atoms with E-state index in [4.69, 9.17) is 4.74 Å². The Morgan fingerprint density at radius 1 is 1.00 bits per heavy atom. The smallest absolute Gasteiger partial charge is 0.262 e. The molecule has 2 rings (SSSR count). The Morgan fingerprint density at radius 2 is 1.64 bits per heavy atom. The van der Waals surface area contributed by atoms with Gasteiger partial charge in [0.25, 0.3) is 5.91 Å². The lowest BCUT2D eigenvalue weighted by Crippen LogP contribution is -2.33. The van der Waals surface area contributed by atoms with Gasteiger partial charge in [-0.3, -0.25) is 4.79 Å². The van der Waals surface area contributed by atoms with Crippen LogP contribution in [-0.4, -0.2) is 45.4 Å². The zero-order valence-corrected chi connectivity index (χ0v) is 17.9. The number of anilines is 1. The molecule has 0 N–H and O–H groups in total. The molecule has 0 aliphatic heterocycles. The molecule has 2 aromatic rings. The predicted octanol–water partition coefficient (Wildman–Crippen LogP) is 3.70. The highest BCUT2D eigenvalue weighted by atomic mass is 32.2. The first-order valence-electron chi connectivity index (χ1n) is 9.37. The van der Waals surface area contributed by atoms with Crippen LogP contribution in [0.5, 0.6) is 5.75 Å². The molecule has 2 aromatic carbocycles. The number of carbonyl (C=O) groups is 1. The van der Waals surface area contributed by atoms with Gasteiger partial charge in [-0.1, -0.05) is 32.0 Å². The van der Waals surface area contributed by atoms with E-state index < -0.39 is 10.0 Å². The first kappa shape index (κ1) is 21.9. The van der Waals surface area contributed by atoms with Gasteiger partial charge in [-0.25, -0.2) is 8.42 Å². The van der Waals surface area contributed by atoms with Crippen molar-refractivity contribution >= 4 is 21.6 Å². The number of methoxy groups -OCH3 is 1. The Hall–Kier alpha value is -2.38. The van der Waals surface area contributed by atoms with Crippen molar-refractivity contribution in [1.82, 2.24) is 4.31 Å². The molecule has 0 bridgehead atoms. The van der Waals surface area contributed by atoms with E-state index in [2.05, 4.69) is 0 Å². The topological polar surface area (TPSA) is 66.9 Å². The molecule has 0 fully saturated rings. The predicted molar refractivity (Wildman–Crippen MR) is 112 cm³/mol. The average Bonchev–Trinajstić information content (AvgIpc) is 2.70. The van der Waals surface area contributed by atoms with Crippen LogP contribution in [0.1, 0.15) is 36.7 Å². The van der Waals surface area contributed by atoms with E-state index >= 15 is 0 Å². The molecule has 152 valence electrons. The number of para-hydroxylation sites is 1. The number of aryl methyl sites for hydroxylation is 1. The maximum absolute atomic E-state index is 13.3. The minimum atomic E-state index is -3.68. The summed E-state index contributed by atoms with van der Waals surface area (Å²) in [6.45, 7) is 8.55. The van der Waals surface area contributed by atoms with Gasteiger partial charge in [0.1, 0.15) is 5.75 Å². The van der Waals surface area contributed by atoms with Crippen LogP contribution >= 0.6 is 0 Å². The van der Waals surface area contributed by atoms with E-state index in [1.165, 1.54) is 29.6 Å². The Balaban J connectivity index is 2.57. The van der Waals surface area contributed by atoms with Crippen LogP contribution < -0.4 is 9.64 Å². The molecule has 0 saturated heterocycles. The van der Waals surface area contributed by atoms with Crippen molar-refractivity contribution in [3.05, 3.63) is 53.6 Å². The number of rotatable bonds is 8. The van der Waals surface area contributed by atoms with Crippen LogP contribution in [0.15, 0.2) is 47.4 Å². The maximum atomic E-state index is 13.3. The van der Waals surface area contributed by atoms with Crippen molar-refractivity contribution in [2.75, 3.05) is 31.6 Å². The average molecular weight is 405 g/mol. The molecule has 0 unspecified atom stereocenters. The van der Waals surface area contributed by atoms with Crippen molar-refractivity contribution in [3.63, 3.8) is 0 Å². The molecule has 0 saturated carbocycles. The Morgan fingerprint density at radius 3 is 2.18 bits per heavy atom. The number of benzene rings is 2. The quantitative estimate of drug-likeness (QED) is 0.673. The first-order valence-corrected chi connectivity index (χ1v) is 10.8. The van der Waals surface area contributed by atoms with Gasteiger partial charge in [0.2, 0.25) is 10.0 Å². The summed E-state index contributed by atoms with van der Waals surface area (Å²) in [5, 5.41) is 0. The Bertz CT molecular complexity index is 937. The largest absolute Gasteiger partial charge is 0.496 e. The normalized spacial score (nSPS) is 11.5. The van der Waals surface area contributed by atoms with Crippen LogP contribution in [0.4, 0.5) is 5.69 Å². The van der Waals surface area contributed by atoms with Gasteiger partial charge in [0.05, 0.1) is 17.6 Å². The molecule has 0 atom stereocenters. The van der Waals surface area contributed by atoms with Gasteiger partial charge >= 0.3 is 0 Å². The SMILES string of the molecule is CCN(C(=O)c1cc(S(=O)(=O)N(CC)CC)ccc1OC)c1ccccc1C. The zero-order chi connectivity index (χ0) is 20.9. The lowest BCUT2D eigenvalue weighted by molar-refractivity contribution is 0.0985. The highest BCUT2D eigenvalue weighted by Crippen LogP contribution is 2.28. The number of hydrogen-bond donors (Lipinski definition) is 0. The molecule has 0 radical (unpaired) electrons. The number of nitrogens with zero attached hydrogens (tertiary/aromatic N) is 2. The summed E-state index contributed by atoms with van der Waals surface area (Å²) in [4.78, 5) is 15.0. The third kappa shape index (κ3) is 4.20. The van der Waals surface area contributed by atoms with Gasteiger partial charge in [0, 0.05) is 25.3 Å². The van der Waals surface area contributed by atoms with Gasteiger partial charge in [-0.2, -0.15) is 4.31 Å². The van der Waals surface area contributed by atoms with Crippen LogP contribution in [0.2, 0.25) is 0 Å². The second-order valence-corrected chi connectivity index (χ2v) is 8.23. The molecule has 0 spiro atoms. The minimum absolute atomic E-state index is 0.0844. The summed E-state index contributed by atoms with van der Waals surface area (Å²) in [6.07, 6.45) is 0. The van der Waals surface area contributed by atoms with Crippen molar-refractivity contribution in [1.29, 1.82) is 0 Å². The van der Waals surface area contributed by atoms with E-state index in [0.717, 1.165) is 11.3 Å². The molecule has 0 heterocycles. The summed E-state index contributed by atoms with van der Waals surface area (Å²) in [6, 6.07) is 12.0. The summed E-state index contributed by atoms with van der Waals surface area (Å²) in [5.74, 6) is 0.0424. The van der Waals surface area contributed by atoms with Crippen LogP contribution in [0.25, 0.3) is 0 Å². The highest BCUT2D eigenvalue weighted by molar-refractivity contribution is 7.89. The molecular weight excluding hydrogens is 376 g/mol. The number of carbonyl (C=O) groups excluding carboxylic acids is 1. The Kier molecular flexibility index (Phi) is 7.21. The summed E-state index contributed by atoms with van der Waals surface area (Å²) < 4.78 is 32.5. The van der Waals surface area contributed by atoms with Gasteiger partial charge in [-0.05, 0) is 43.7 Å². The summed E-state index contributed by atoms with van der Waals surface area (Å²) >= 11 is 0. The highest BCUT2D eigenvalue weighted by Gasteiger charge is 2.26. The maximum Gasteiger partial charge on any atom is 0.262 e. The third-order valence-electron chi connectivity index (χ3n) is 4.71. The molecule has 1 amide bonds. The second-order valence-electron chi connectivity index (χ2n) is 6.29. The van der Waals surface area contributed by atoms with E-state index in [1.54, 1.807) is 18.7 Å². The third-order valence-corrected chi connectivity index (χ3v) is 6.76. The number of amides is 1. The molecule has 7 heteroatoms. The zero-order valence-electron chi connectivity index (χ0n) is 17.1. The Labute approximate surface area is 167 Å². The van der Waals surface area contributed by atoms with Gasteiger partial charge < -0.3 is 9.64 Å². The fourth-order valence-electron chi connectivity index (χ4n) is 3.16. The molecule has 0 aliphatic rings. The summed E-state index contributed by atoms with van der Waals surface area (Å²) in [7, 11) is -2.21. The first-order chi connectivity index (χ1) is 13.3. The van der Waals surface area contributed by atoms with Crippen molar-refractivity contribution in [3.8, 4) is 5.75 Å². The molecule has 0 aromatic heterocycles. The van der Waals surface area contributed by atoms with Crippen LogP contribution in [0, 0.1) is 6.92 Å². The van der Waals surface area contributed by atoms with Crippen LogP contribution in [0.3, 0.4) is 0 Å². The minimum Gasteiger partial charge on any atom is -0.496 e. The molecular formula is C21H28N2O4S. The standard InChI is InChI=1S/C21H28N2O4S/c1-6-22(7-2)28(25,26)17-13-14-20(27-5)18(15-17)21(24)23(8-3)19-12-10-9-11-16(19)4/h9-15H,6-8H2,1-5H3. The lowest BCUT2D eigenvalue weighted by Gasteiger charge is -2.24. The fraction of sp³-hybridized carbons (Fsp3) is 0.381. The van der Waals surface area contributed by atoms with E-state index in [-0.39, 0.29) is 16.4 Å². The second kappa shape index (κ2) is 9.21. The van der Waals surface area contributed by atoms with Crippen molar-refractivity contribution in [2.24, 2.45) is 0 Å². The van der Waals surface area contributed by atoms with Crippen molar-refractivity contribution in [2.45, 2.75) is 32.6 Å². The molecule has 0 aliphatic carbocycles. The van der Waals surface area contributed by atoms with E-state index in [0.29, 0.717) is 25.4 Å². The fourth-order valence-corrected chi connectivity index (χ4v) is 4.65. The number of ether oxygens (including phenoxy) is 1. The summed E-state index contributed by atoms with van der Waals surface area (Å²) in [5.41, 5.74) is 1.97. The van der Waals surface area contributed by atoms with Crippen molar-refractivity contribution < 1.29 is 17.9 Å². The molecule has 28 heavy (non-hydrogen) atoms. The monoisotopic (exact) mass is 404 g/mol. The van der Waals surface area contributed by atoms with Gasteiger partial charge in [-0.15, -0.1) is 0 Å². The number of hydrogen-bond acceptors (Lipinski definition) is 4. The lowest BCUT2D eigenvalue weighted by atomic mass is 10.1.